The highest BCUT2D eigenvalue weighted by atomic mass is 32.2. The summed E-state index contributed by atoms with van der Waals surface area (Å²) in [4.78, 5) is 0.799. The second kappa shape index (κ2) is 5.30. The maximum atomic E-state index is 12.7. The molecule has 0 amide bonds. The zero-order valence-electron chi connectivity index (χ0n) is 14.3. The SMILES string of the molecule is Cc1ccc2c(c1)CC1=C(C2)c2cc3ccc(C)cc3cc2S(=O)O1. The number of benzene rings is 3. The van der Waals surface area contributed by atoms with Gasteiger partial charge in [0.2, 0.25) is 11.1 Å². The van der Waals surface area contributed by atoms with Gasteiger partial charge in [-0.1, -0.05) is 47.5 Å². The summed E-state index contributed by atoms with van der Waals surface area (Å²) < 4.78 is 18.5. The first-order valence-electron chi connectivity index (χ1n) is 8.54. The van der Waals surface area contributed by atoms with Crippen molar-refractivity contribution in [2.75, 3.05) is 0 Å². The highest BCUT2D eigenvalue weighted by Crippen LogP contribution is 2.41. The minimum atomic E-state index is -1.44. The van der Waals surface area contributed by atoms with Crippen LogP contribution >= 0.6 is 0 Å². The molecule has 0 saturated heterocycles. The molecule has 2 aliphatic rings. The van der Waals surface area contributed by atoms with Crippen molar-refractivity contribution in [3.63, 3.8) is 0 Å². The molecular weight excluding hydrogens is 328 g/mol. The smallest absolute Gasteiger partial charge is 0.240 e. The molecular formula is C22H18O2S. The van der Waals surface area contributed by atoms with E-state index in [0.717, 1.165) is 34.4 Å². The van der Waals surface area contributed by atoms with Gasteiger partial charge in [0.25, 0.3) is 0 Å². The van der Waals surface area contributed by atoms with Crippen molar-refractivity contribution in [2.24, 2.45) is 0 Å². The third-order valence-electron chi connectivity index (χ3n) is 5.19. The van der Waals surface area contributed by atoms with Crippen LogP contribution in [0.4, 0.5) is 0 Å². The van der Waals surface area contributed by atoms with Gasteiger partial charge in [-0.25, -0.2) is 4.21 Å². The normalized spacial score (nSPS) is 18.4. The highest BCUT2D eigenvalue weighted by molar-refractivity contribution is 7.80. The predicted molar refractivity (Wildman–Crippen MR) is 102 cm³/mol. The zero-order valence-corrected chi connectivity index (χ0v) is 15.1. The summed E-state index contributed by atoms with van der Waals surface area (Å²) in [6.07, 6.45) is 1.57. The molecule has 5 rings (SSSR count). The molecule has 1 aliphatic carbocycles. The van der Waals surface area contributed by atoms with Crippen LogP contribution in [0.15, 0.2) is 59.2 Å². The van der Waals surface area contributed by atoms with Gasteiger partial charge in [-0.3, -0.25) is 0 Å². The Kier molecular flexibility index (Phi) is 3.16. The summed E-state index contributed by atoms with van der Waals surface area (Å²) in [5, 5.41) is 2.30. The Morgan fingerprint density at radius 1 is 0.840 bits per heavy atom. The quantitative estimate of drug-likeness (QED) is 0.571. The van der Waals surface area contributed by atoms with Gasteiger partial charge in [0.05, 0.1) is 4.90 Å². The minimum Gasteiger partial charge on any atom is -0.401 e. The molecule has 3 aromatic rings. The van der Waals surface area contributed by atoms with E-state index in [1.54, 1.807) is 0 Å². The van der Waals surface area contributed by atoms with E-state index in [4.69, 9.17) is 4.18 Å². The van der Waals surface area contributed by atoms with E-state index in [1.807, 2.05) is 6.07 Å². The van der Waals surface area contributed by atoms with Crippen LogP contribution in [0, 0.1) is 13.8 Å². The lowest BCUT2D eigenvalue weighted by Crippen LogP contribution is -2.18. The van der Waals surface area contributed by atoms with Gasteiger partial charge >= 0.3 is 0 Å². The number of allylic oxidation sites excluding steroid dienone is 2. The summed E-state index contributed by atoms with van der Waals surface area (Å²) in [5.41, 5.74) is 7.36. The monoisotopic (exact) mass is 346 g/mol. The number of fused-ring (bicyclic) bond motifs is 4. The van der Waals surface area contributed by atoms with Gasteiger partial charge < -0.3 is 4.18 Å². The van der Waals surface area contributed by atoms with Crippen LogP contribution < -0.4 is 0 Å². The van der Waals surface area contributed by atoms with Crippen molar-refractivity contribution < 1.29 is 8.39 Å². The van der Waals surface area contributed by atoms with E-state index in [9.17, 15) is 4.21 Å². The molecule has 3 heteroatoms. The molecule has 1 atom stereocenters. The van der Waals surface area contributed by atoms with Crippen LogP contribution in [-0.2, 0) is 28.1 Å². The molecule has 0 aromatic heterocycles. The van der Waals surface area contributed by atoms with Gasteiger partial charge in [0.1, 0.15) is 5.76 Å². The van der Waals surface area contributed by atoms with E-state index in [1.165, 1.54) is 33.2 Å². The van der Waals surface area contributed by atoms with Gasteiger partial charge in [-0.05, 0) is 47.9 Å². The van der Waals surface area contributed by atoms with Crippen LogP contribution in [0.2, 0.25) is 0 Å². The van der Waals surface area contributed by atoms with Crippen molar-refractivity contribution in [1.29, 1.82) is 0 Å². The zero-order chi connectivity index (χ0) is 17.1. The third-order valence-corrected chi connectivity index (χ3v) is 6.24. The Morgan fingerprint density at radius 2 is 1.64 bits per heavy atom. The molecule has 0 spiro atoms. The largest absolute Gasteiger partial charge is 0.401 e. The number of aryl methyl sites for hydroxylation is 2. The van der Waals surface area contributed by atoms with Crippen molar-refractivity contribution in [3.05, 3.63) is 82.1 Å². The average Bonchev–Trinajstić information content (AvgIpc) is 2.59. The lowest BCUT2D eigenvalue weighted by atomic mass is 9.85. The van der Waals surface area contributed by atoms with Gasteiger partial charge in [-0.15, -0.1) is 0 Å². The fourth-order valence-electron chi connectivity index (χ4n) is 3.89. The number of hydrogen-bond donors (Lipinski definition) is 0. The molecule has 0 bridgehead atoms. The molecule has 0 saturated carbocycles. The van der Waals surface area contributed by atoms with Gasteiger partial charge in [-0.2, -0.15) is 0 Å². The Bertz CT molecular complexity index is 1110. The van der Waals surface area contributed by atoms with Gasteiger partial charge in [0.15, 0.2) is 0 Å². The first-order valence-corrected chi connectivity index (χ1v) is 9.61. The first-order chi connectivity index (χ1) is 12.1. The fraction of sp³-hybridized carbons (Fsp3) is 0.182. The minimum absolute atomic E-state index is 0.726. The maximum Gasteiger partial charge on any atom is 0.240 e. The molecule has 0 N–H and O–H groups in total. The van der Waals surface area contributed by atoms with Crippen molar-refractivity contribution in [2.45, 2.75) is 31.6 Å². The van der Waals surface area contributed by atoms with Crippen molar-refractivity contribution >= 4 is 27.4 Å². The van der Waals surface area contributed by atoms with E-state index in [0.29, 0.717) is 0 Å². The first kappa shape index (κ1) is 14.9. The molecule has 1 unspecified atom stereocenters. The Morgan fingerprint density at radius 3 is 2.52 bits per heavy atom. The summed E-state index contributed by atoms with van der Waals surface area (Å²) >= 11 is -1.44. The average molecular weight is 346 g/mol. The van der Waals surface area contributed by atoms with Crippen LogP contribution in [0.1, 0.15) is 27.8 Å². The van der Waals surface area contributed by atoms with Gasteiger partial charge in [0, 0.05) is 24.0 Å². The van der Waals surface area contributed by atoms with E-state index in [-0.39, 0.29) is 0 Å². The van der Waals surface area contributed by atoms with Crippen LogP contribution in [0.25, 0.3) is 16.3 Å². The molecule has 1 heterocycles. The molecule has 3 aromatic carbocycles. The molecule has 124 valence electrons. The Hall–Kier alpha value is -2.39. The third kappa shape index (κ3) is 2.34. The lowest BCUT2D eigenvalue weighted by molar-refractivity contribution is 0.435. The summed E-state index contributed by atoms with van der Waals surface area (Å²) in [6.45, 7) is 4.18. The lowest BCUT2D eigenvalue weighted by Gasteiger charge is -2.28. The highest BCUT2D eigenvalue weighted by Gasteiger charge is 2.30. The fourth-order valence-corrected chi connectivity index (χ4v) is 4.91. The Labute approximate surface area is 149 Å². The molecule has 0 radical (unpaired) electrons. The van der Waals surface area contributed by atoms with Crippen molar-refractivity contribution in [1.82, 2.24) is 0 Å². The number of hydrogen-bond acceptors (Lipinski definition) is 2. The maximum absolute atomic E-state index is 12.7. The summed E-state index contributed by atoms with van der Waals surface area (Å²) in [5.74, 6) is 0.871. The molecule has 0 fully saturated rings. The van der Waals surface area contributed by atoms with Crippen LogP contribution in [-0.4, -0.2) is 4.21 Å². The van der Waals surface area contributed by atoms with Crippen molar-refractivity contribution in [3.8, 4) is 0 Å². The molecule has 25 heavy (non-hydrogen) atoms. The molecule has 2 nitrogen and oxygen atoms in total. The summed E-state index contributed by atoms with van der Waals surface area (Å²) in [6, 6.07) is 17.2. The molecule has 1 aliphatic heterocycles. The standard InChI is InChI=1S/C22H18O2S/c1-13-3-5-15-9-19-20-10-16-6-4-14(2)8-18(16)12-22(20)25(23)24-21(19)11-17(15)7-13/h3-8,10,12H,9,11H2,1-2H3. The van der Waals surface area contributed by atoms with Crippen LogP contribution in [0.5, 0.6) is 0 Å². The Balaban J connectivity index is 1.71. The predicted octanol–water partition coefficient (Wildman–Crippen LogP) is 5.02. The summed E-state index contributed by atoms with van der Waals surface area (Å²) in [7, 11) is 0. The topological polar surface area (TPSA) is 26.3 Å². The van der Waals surface area contributed by atoms with Crippen LogP contribution in [0.3, 0.4) is 0 Å². The van der Waals surface area contributed by atoms with E-state index >= 15 is 0 Å². The van der Waals surface area contributed by atoms with E-state index in [2.05, 4.69) is 56.3 Å². The number of rotatable bonds is 0. The van der Waals surface area contributed by atoms with E-state index < -0.39 is 11.1 Å². The second-order valence-electron chi connectivity index (χ2n) is 7.04. The second-order valence-corrected chi connectivity index (χ2v) is 8.12.